The van der Waals surface area contributed by atoms with Gasteiger partial charge in [0.2, 0.25) is 0 Å². The van der Waals surface area contributed by atoms with E-state index in [-0.39, 0.29) is 5.56 Å². The molecule has 0 spiro atoms. The second-order valence-electron chi connectivity index (χ2n) is 5.00. The van der Waals surface area contributed by atoms with Gasteiger partial charge in [-0.2, -0.15) is 0 Å². The van der Waals surface area contributed by atoms with Gasteiger partial charge in [-0.05, 0) is 30.2 Å². The molecule has 0 aliphatic rings. The molecule has 0 atom stereocenters. The van der Waals surface area contributed by atoms with E-state index in [0.29, 0.717) is 22.6 Å². The van der Waals surface area contributed by atoms with Crippen molar-refractivity contribution in [3.05, 3.63) is 53.1 Å². The number of carboxylic acids is 1. The quantitative estimate of drug-likeness (QED) is 0.717. The Bertz CT molecular complexity index is 856. The minimum Gasteiger partial charge on any atom is -0.478 e. The molecule has 0 fully saturated rings. The standard InChI is InChI=1S/C17H13F2NO2S/c1-2-9-10(7-8-11(17(21)22)14(9)15(18)19)16-20-12-5-3-4-6-13(12)23-16/h3-8,15H,2H2,1H3,(H,21,22). The molecule has 0 saturated heterocycles. The summed E-state index contributed by atoms with van der Waals surface area (Å²) in [5.41, 5.74) is 0.974. The molecule has 2 aromatic carbocycles. The van der Waals surface area contributed by atoms with Crippen molar-refractivity contribution in [1.29, 1.82) is 0 Å². The fourth-order valence-electron chi connectivity index (χ4n) is 2.67. The van der Waals surface area contributed by atoms with E-state index in [1.165, 1.54) is 17.4 Å². The predicted molar refractivity (Wildman–Crippen MR) is 86.4 cm³/mol. The van der Waals surface area contributed by atoms with E-state index < -0.39 is 18.0 Å². The van der Waals surface area contributed by atoms with Crippen LogP contribution in [0.5, 0.6) is 0 Å². The van der Waals surface area contributed by atoms with E-state index in [1.807, 2.05) is 24.3 Å². The van der Waals surface area contributed by atoms with Gasteiger partial charge in [-0.3, -0.25) is 0 Å². The maximum atomic E-state index is 13.5. The maximum absolute atomic E-state index is 13.5. The zero-order chi connectivity index (χ0) is 16.6. The third-order valence-corrected chi connectivity index (χ3v) is 4.75. The highest BCUT2D eigenvalue weighted by atomic mass is 32.1. The van der Waals surface area contributed by atoms with Crippen LogP contribution in [0.2, 0.25) is 0 Å². The van der Waals surface area contributed by atoms with Crippen LogP contribution in [-0.2, 0) is 6.42 Å². The topological polar surface area (TPSA) is 50.2 Å². The number of nitrogens with zero attached hydrogens (tertiary/aromatic N) is 1. The summed E-state index contributed by atoms with van der Waals surface area (Å²) in [5, 5.41) is 9.79. The Labute approximate surface area is 135 Å². The van der Waals surface area contributed by atoms with Gasteiger partial charge >= 0.3 is 5.97 Å². The number of aromatic carboxylic acids is 1. The largest absolute Gasteiger partial charge is 0.478 e. The second-order valence-corrected chi connectivity index (χ2v) is 6.03. The first-order chi connectivity index (χ1) is 11.0. The van der Waals surface area contributed by atoms with Crippen molar-refractivity contribution in [1.82, 2.24) is 4.98 Å². The summed E-state index contributed by atoms with van der Waals surface area (Å²) >= 11 is 1.41. The summed E-state index contributed by atoms with van der Waals surface area (Å²) in [4.78, 5) is 15.7. The summed E-state index contributed by atoms with van der Waals surface area (Å²) in [7, 11) is 0. The van der Waals surface area contributed by atoms with Gasteiger partial charge in [-0.1, -0.05) is 25.1 Å². The van der Waals surface area contributed by atoms with E-state index in [0.717, 1.165) is 10.2 Å². The molecule has 0 bridgehead atoms. The number of carboxylic acid groups (broad SMARTS) is 1. The van der Waals surface area contributed by atoms with Gasteiger partial charge in [0.05, 0.1) is 15.8 Å². The lowest BCUT2D eigenvalue weighted by Gasteiger charge is -2.14. The lowest BCUT2D eigenvalue weighted by molar-refractivity contribution is 0.0684. The van der Waals surface area contributed by atoms with Gasteiger partial charge in [0.25, 0.3) is 6.43 Å². The summed E-state index contributed by atoms with van der Waals surface area (Å²) in [6.07, 6.45) is -2.53. The Balaban J connectivity index is 2.27. The van der Waals surface area contributed by atoms with Crippen LogP contribution in [0.3, 0.4) is 0 Å². The summed E-state index contributed by atoms with van der Waals surface area (Å²) in [6, 6.07) is 10.4. The first-order valence-corrected chi connectivity index (χ1v) is 7.87. The van der Waals surface area contributed by atoms with Crippen molar-refractivity contribution in [2.24, 2.45) is 0 Å². The molecule has 3 nitrogen and oxygen atoms in total. The van der Waals surface area contributed by atoms with Crippen LogP contribution in [0, 0.1) is 0 Å². The van der Waals surface area contributed by atoms with Gasteiger partial charge in [-0.25, -0.2) is 18.6 Å². The van der Waals surface area contributed by atoms with Crippen LogP contribution >= 0.6 is 11.3 Å². The lowest BCUT2D eigenvalue weighted by atomic mass is 9.94. The Morgan fingerprint density at radius 3 is 2.61 bits per heavy atom. The zero-order valence-corrected chi connectivity index (χ0v) is 13.0. The zero-order valence-electron chi connectivity index (χ0n) is 12.2. The van der Waals surface area contributed by atoms with Crippen molar-refractivity contribution in [3.8, 4) is 10.6 Å². The number of alkyl halides is 2. The number of para-hydroxylation sites is 1. The second kappa shape index (κ2) is 6.04. The van der Waals surface area contributed by atoms with Crippen LogP contribution in [0.4, 0.5) is 8.78 Å². The molecule has 1 heterocycles. The first kappa shape index (κ1) is 15.6. The van der Waals surface area contributed by atoms with Crippen molar-refractivity contribution in [2.75, 3.05) is 0 Å². The molecule has 6 heteroatoms. The molecule has 3 aromatic rings. The smallest absolute Gasteiger partial charge is 0.336 e. The highest BCUT2D eigenvalue weighted by molar-refractivity contribution is 7.21. The molecule has 0 radical (unpaired) electrons. The highest BCUT2D eigenvalue weighted by Gasteiger charge is 2.24. The molecular weight excluding hydrogens is 320 g/mol. The Morgan fingerprint density at radius 2 is 2.00 bits per heavy atom. The van der Waals surface area contributed by atoms with Crippen LogP contribution in [0.1, 0.15) is 34.8 Å². The van der Waals surface area contributed by atoms with Crippen molar-refractivity contribution in [2.45, 2.75) is 19.8 Å². The monoisotopic (exact) mass is 333 g/mol. The fourth-order valence-corrected chi connectivity index (χ4v) is 3.69. The number of hydrogen-bond donors (Lipinski definition) is 1. The van der Waals surface area contributed by atoms with Gasteiger partial charge in [0.15, 0.2) is 0 Å². The Hall–Kier alpha value is -2.34. The first-order valence-electron chi connectivity index (χ1n) is 7.06. The van der Waals surface area contributed by atoms with Crippen LogP contribution in [0.25, 0.3) is 20.8 Å². The molecule has 23 heavy (non-hydrogen) atoms. The summed E-state index contributed by atoms with van der Waals surface area (Å²) in [6.45, 7) is 1.74. The minimum absolute atomic E-state index is 0.312. The van der Waals surface area contributed by atoms with E-state index >= 15 is 0 Å². The van der Waals surface area contributed by atoms with Gasteiger partial charge < -0.3 is 5.11 Å². The van der Waals surface area contributed by atoms with E-state index in [1.54, 1.807) is 13.0 Å². The fraction of sp³-hybridized carbons (Fsp3) is 0.176. The number of thiazole rings is 1. The molecule has 0 aliphatic heterocycles. The minimum atomic E-state index is -2.84. The van der Waals surface area contributed by atoms with Crippen LogP contribution < -0.4 is 0 Å². The van der Waals surface area contributed by atoms with Crippen molar-refractivity contribution in [3.63, 3.8) is 0 Å². The Morgan fingerprint density at radius 1 is 1.26 bits per heavy atom. The van der Waals surface area contributed by atoms with E-state index in [4.69, 9.17) is 5.11 Å². The number of aromatic nitrogens is 1. The number of benzene rings is 2. The normalized spacial score (nSPS) is 11.3. The van der Waals surface area contributed by atoms with E-state index in [9.17, 15) is 13.6 Å². The number of rotatable bonds is 4. The average Bonchev–Trinajstić information content (AvgIpc) is 2.96. The molecule has 118 valence electrons. The molecule has 0 saturated carbocycles. The van der Waals surface area contributed by atoms with Crippen LogP contribution in [-0.4, -0.2) is 16.1 Å². The predicted octanol–water partition coefficient (Wildman–Crippen LogP) is 5.16. The highest BCUT2D eigenvalue weighted by Crippen LogP contribution is 2.37. The van der Waals surface area contributed by atoms with Crippen molar-refractivity contribution < 1.29 is 18.7 Å². The molecule has 1 N–H and O–H groups in total. The average molecular weight is 333 g/mol. The number of hydrogen-bond acceptors (Lipinski definition) is 3. The molecule has 0 amide bonds. The third-order valence-electron chi connectivity index (χ3n) is 3.68. The summed E-state index contributed by atoms with van der Waals surface area (Å²) < 4.78 is 27.9. The molecule has 1 aromatic heterocycles. The summed E-state index contributed by atoms with van der Waals surface area (Å²) in [5.74, 6) is -1.34. The molecule has 0 unspecified atom stereocenters. The van der Waals surface area contributed by atoms with Gasteiger partial charge in [0.1, 0.15) is 5.01 Å². The van der Waals surface area contributed by atoms with Gasteiger partial charge in [-0.15, -0.1) is 11.3 Å². The molecular formula is C17H13F2NO2S. The van der Waals surface area contributed by atoms with Gasteiger partial charge in [0, 0.05) is 11.1 Å². The Kier molecular flexibility index (Phi) is 4.09. The third kappa shape index (κ3) is 2.70. The molecule has 3 rings (SSSR count). The number of fused-ring (bicyclic) bond motifs is 1. The maximum Gasteiger partial charge on any atom is 0.336 e. The number of carbonyl (C=O) groups is 1. The van der Waals surface area contributed by atoms with Crippen molar-refractivity contribution >= 4 is 27.5 Å². The lowest BCUT2D eigenvalue weighted by Crippen LogP contribution is -2.07. The van der Waals surface area contributed by atoms with E-state index in [2.05, 4.69) is 4.98 Å². The SMILES string of the molecule is CCc1c(-c2nc3ccccc3s2)ccc(C(=O)O)c1C(F)F. The van der Waals surface area contributed by atoms with Crippen LogP contribution in [0.15, 0.2) is 36.4 Å². The number of halogens is 2. The molecule has 0 aliphatic carbocycles.